The second-order valence-electron chi connectivity index (χ2n) is 6.74. The minimum Gasteiger partial charge on any atom is -0.313 e. The van der Waals surface area contributed by atoms with Crippen molar-refractivity contribution < 1.29 is 9.59 Å². The average Bonchev–Trinajstić information content (AvgIpc) is 2.92. The van der Waals surface area contributed by atoms with Gasteiger partial charge in [-0.2, -0.15) is 0 Å². The highest BCUT2D eigenvalue weighted by atomic mass is 16.2. The topological polar surface area (TPSA) is 49.4 Å². The van der Waals surface area contributed by atoms with Gasteiger partial charge in [0.05, 0.1) is 11.1 Å². The second kappa shape index (κ2) is 9.30. The third kappa shape index (κ3) is 4.58. The van der Waals surface area contributed by atoms with Crippen molar-refractivity contribution in [3.8, 4) is 0 Å². The molecular weight excluding hydrogens is 324 g/mol. The van der Waals surface area contributed by atoms with Crippen molar-refractivity contribution in [3.63, 3.8) is 0 Å². The summed E-state index contributed by atoms with van der Waals surface area (Å²) in [7, 11) is 0. The lowest BCUT2D eigenvalue weighted by molar-refractivity contribution is 0.0651. The normalized spacial score (nSPS) is 13.3. The van der Waals surface area contributed by atoms with Crippen molar-refractivity contribution in [3.05, 3.63) is 71.3 Å². The highest BCUT2D eigenvalue weighted by Gasteiger charge is 2.34. The summed E-state index contributed by atoms with van der Waals surface area (Å²) in [6.45, 7) is 2.46. The van der Waals surface area contributed by atoms with Crippen molar-refractivity contribution in [2.75, 3.05) is 13.1 Å². The Morgan fingerprint density at radius 3 is 1.96 bits per heavy atom. The van der Waals surface area contributed by atoms with E-state index in [1.165, 1.54) is 16.9 Å². The number of benzene rings is 2. The van der Waals surface area contributed by atoms with Gasteiger partial charge in [-0.15, -0.1) is 0 Å². The van der Waals surface area contributed by atoms with Crippen LogP contribution >= 0.6 is 0 Å². The number of carbonyl (C=O) groups is 2. The predicted molar refractivity (Wildman–Crippen MR) is 103 cm³/mol. The Labute approximate surface area is 155 Å². The van der Waals surface area contributed by atoms with E-state index in [4.69, 9.17) is 0 Å². The van der Waals surface area contributed by atoms with Crippen LogP contribution in [0.15, 0.2) is 54.6 Å². The largest absolute Gasteiger partial charge is 0.313 e. The van der Waals surface area contributed by atoms with Crippen LogP contribution in [0.3, 0.4) is 0 Å². The second-order valence-corrected chi connectivity index (χ2v) is 6.74. The van der Waals surface area contributed by atoms with Crippen molar-refractivity contribution in [2.45, 2.75) is 38.6 Å². The summed E-state index contributed by atoms with van der Waals surface area (Å²) < 4.78 is 0. The van der Waals surface area contributed by atoms with Crippen LogP contribution in [0.25, 0.3) is 0 Å². The average molecular weight is 350 g/mol. The van der Waals surface area contributed by atoms with E-state index in [1.807, 2.05) is 6.07 Å². The lowest BCUT2D eigenvalue weighted by Gasteiger charge is -2.13. The molecule has 2 aromatic rings. The Kier molecular flexibility index (Phi) is 6.56. The minimum atomic E-state index is -0.143. The number of carbonyl (C=O) groups excluding carboxylic acids is 2. The molecule has 0 saturated heterocycles. The summed E-state index contributed by atoms with van der Waals surface area (Å²) in [4.78, 5) is 25.9. The van der Waals surface area contributed by atoms with Gasteiger partial charge in [-0.3, -0.25) is 14.5 Å². The monoisotopic (exact) mass is 350 g/mol. The number of rotatable bonds is 10. The van der Waals surface area contributed by atoms with Gasteiger partial charge < -0.3 is 5.32 Å². The molecule has 0 aromatic heterocycles. The number of imide groups is 1. The number of nitrogens with one attached hydrogen (secondary N) is 1. The summed E-state index contributed by atoms with van der Waals surface area (Å²) in [6.07, 6.45) is 5.38. The Morgan fingerprint density at radius 1 is 0.692 bits per heavy atom. The molecule has 0 atom stereocenters. The van der Waals surface area contributed by atoms with Crippen LogP contribution in [0, 0.1) is 0 Å². The maximum Gasteiger partial charge on any atom is 0.261 e. The maximum absolute atomic E-state index is 12.3. The van der Waals surface area contributed by atoms with Gasteiger partial charge >= 0.3 is 0 Å². The zero-order valence-corrected chi connectivity index (χ0v) is 15.1. The molecule has 136 valence electrons. The van der Waals surface area contributed by atoms with Gasteiger partial charge in [0.25, 0.3) is 11.8 Å². The van der Waals surface area contributed by atoms with E-state index in [2.05, 4.69) is 29.6 Å². The van der Waals surface area contributed by atoms with Gasteiger partial charge in [-0.1, -0.05) is 61.7 Å². The molecule has 0 radical (unpaired) electrons. The summed E-state index contributed by atoms with van der Waals surface area (Å²) in [6, 6.07) is 17.5. The third-order valence-electron chi connectivity index (χ3n) is 4.79. The summed E-state index contributed by atoms with van der Waals surface area (Å²) in [5, 5.41) is 3.46. The molecule has 2 aromatic carbocycles. The third-order valence-corrected chi connectivity index (χ3v) is 4.79. The molecule has 0 aliphatic carbocycles. The Morgan fingerprint density at radius 2 is 1.27 bits per heavy atom. The Hall–Kier alpha value is -2.46. The molecule has 4 nitrogen and oxygen atoms in total. The van der Waals surface area contributed by atoms with Gasteiger partial charge in [0, 0.05) is 13.1 Å². The number of fused-ring (bicyclic) bond motifs is 1. The van der Waals surface area contributed by atoms with Crippen LogP contribution in [0.1, 0.15) is 58.4 Å². The quantitative estimate of drug-likeness (QED) is 0.520. The molecule has 0 saturated carbocycles. The lowest BCUT2D eigenvalue weighted by Crippen LogP contribution is -2.30. The first-order valence-corrected chi connectivity index (χ1v) is 9.47. The lowest BCUT2D eigenvalue weighted by atomic mass is 10.1. The minimum absolute atomic E-state index is 0.143. The summed E-state index contributed by atoms with van der Waals surface area (Å²) in [5.74, 6) is -0.286. The number of nitrogens with zero attached hydrogens (tertiary/aromatic N) is 1. The zero-order chi connectivity index (χ0) is 18.2. The highest BCUT2D eigenvalue weighted by molar-refractivity contribution is 6.21. The van der Waals surface area contributed by atoms with E-state index in [0.717, 1.165) is 38.8 Å². The molecule has 1 heterocycles. The van der Waals surface area contributed by atoms with Crippen LogP contribution in [-0.2, 0) is 6.54 Å². The number of amides is 2. The van der Waals surface area contributed by atoms with E-state index in [1.54, 1.807) is 24.3 Å². The molecule has 0 spiro atoms. The number of unbranched alkanes of at least 4 members (excludes halogenated alkanes) is 4. The molecule has 1 aliphatic heterocycles. The van der Waals surface area contributed by atoms with Crippen LogP contribution in [0.5, 0.6) is 0 Å². The van der Waals surface area contributed by atoms with Crippen LogP contribution in [-0.4, -0.2) is 29.8 Å². The van der Waals surface area contributed by atoms with E-state index >= 15 is 0 Å². The number of hydrogen-bond acceptors (Lipinski definition) is 3. The van der Waals surface area contributed by atoms with E-state index in [0.29, 0.717) is 17.7 Å². The van der Waals surface area contributed by atoms with Crippen LogP contribution in [0.4, 0.5) is 0 Å². The summed E-state index contributed by atoms with van der Waals surface area (Å²) in [5.41, 5.74) is 2.40. The molecule has 3 rings (SSSR count). The molecule has 4 heteroatoms. The first-order chi connectivity index (χ1) is 12.8. The van der Waals surface area contributed by atoms with Crippen LogP contribution in [0.2, 0.25) is 0 Å². The molecular formula is C22H26N2O2. The predicted octanol–water partition coefficient (Wildman–Crippen LogP) is 4.02. The van der Waals surface area contributed by atoms with Crippen molar-refractivity contribution >= 4 is 11.8 Å². The van der Waals surface area contributed by atoms with E-state index in [-0.39, 0.29) is 11.8 Å². The molecule has 0 fully saturated rings. The maximum atomic E-state index is 12.3. The summed E-state index contributed by atoms with van der Waals surface area (Å²) >= 11 is 0. The number of hydrogen-bond donors (Lipinski definition) is 1. The first kappa shape index (κ1) is 18.3. The van der Waals surface area contributed by atoms with E-state index < -0.39 is 0 Å². The van der Waals surface area contributed by atoms with Crippen LogP contribution < -0.4 is 5.32 Å². The van der Waals surface area contributed by atoms with E-state index in [9.17, 15) is 9.59 Å². The van der Waals surface area contributed by atoms with Gasteiger partial charge in [-0.05, 0) is 37.1 Å². The first-order valence-electron chi connectivity index (χ1n) is 9.47. The highest BCUT2D eigenvalue weighted by Crippen LogP contribution is 2.22. The molecule has 1 N–H and O–H groups in total. The van der Waals surface area contributed by atoms with Gasteiger partial charge in [0.15, 0.2) is 0 Å². The molecule has 1 aliphatic rings. The molecule has 2 amide bonds. The molecule has 0 bridgehead atoms. The fraction of sp³-hybridized carbons (Fsp3) is 0.364. The van der Waals surface area contributed by atoms with Crippen molar-refractivity contribution in [2.24, 2.45) is 0 Å². The zero-order valence-electron chi connectivity index (χ0n) is 15.1. The SMILES string of the molecule is O=C1c2ccccc2C(=O)N1CCCCCCCNCc1ccccc1. The standard InChI is InChI=1S/C22H26N2O2/c25-21-19-13-7-8-14-20(19)22(26)24(21)16-10-3-1-2-9-15-23-17-18-11-5-4-6-12-18/h4-8,11-14,23H,1-3,9-10,15-17H2. The Bertz CT molecular complexity index is 708. The smallest absolute Gasteiger partial charge is 0.261 e. The Balaban J connectivity index is 1.25. The molecule has 26 heavy (non-hydrogen) atoms. The fourth-order valence-corrected chi connectivity index (χ4v) is 3.32. The van der Waals surface area contributed by atoms with Crippen molar-refractivity contribution in [1.29, 1.82) is 0 Å². The molecule has 0 unspecified atom stereocenters. The van der Waals surface area contributed by atoms with Gasteiger partial charge in [-0.25, -0.2) is 0 Å². The fourth-order valence-electron chi connectivity index (χ4n) is 3.32. The van der Waals surface area contributed by atoms with Crippen molar-refractivity contribution in [1.82, 2.24) is 10.2 Å². The van der Waals surface area contributed by atoms with Gasteiger partial charge in [0.2, 0.25) is 0 Å². The van der Waals surface area contributed by atoms with Gasteiger partial charge in [0.1, 0.15) is 0 Å².